The van der Waals surface area contributed by atoms with Crippen LogP contribution in [0.15, 0.2) is 30.4 Å². The second-order valence-electron chi connectivity index (χ2n) is 7.31. The first-order valence-corrected chi connectivity index (χ1v) is 7.86. The first kappa shape index (κ1) is 16.4. The Kier molecular flexibility index (Phi) is 3.96. The van der Waals surface area contributed by atoms with Gasteiger partial charge in [-0.25, -0.2) is 9.37 Å². The van der Waals surface area contributed by atoms with E-state index in [4.69, 9.17) is 14.0 Å². The maximum atomic E-state index is 14.6. The van der Waals surface area contributed by atoms with E-state index in [0.717, 1.165) is 12.8 Å². The van der Waals surface area contributed by atoms with Crippen molar-refractivity contribution in [2.45, 2.75) is 51.7 Å². The summed E-state index contributed by atoms with van der Waals surface area (Å²) in [5.41, 5.74) is -1.78. The second kappa shape index (κ2) is 5.56. The number of rotatable bonds is 5. The molecule has 0 atom stereocenters. The third-order valence-corrected chi connectivity index (χ3v) is 4.86. The fourth-order valence-corrected chi connectivity index (χ4v) is 2.38. The largest absolute Gasteiger partial charge is 0.524 e. The lowest BCUT2D eigenvalue weighted by Gasteiger charge is -2.32. The monoisotopic (exact) mass is 320 g/mol. The third-order valence-electron chi connectivity index (χ3n) is 4.86. The molecular weight excluding hydrogens is 298 g/mol. The average molecular weight is 320 g/mol. The molecule has 5 nitrogen and oxygen atoms in total. The highest BCUT2D eigenvalue weighted by atomic mass is 19.1. The van der Waals surface area contributed by atoms with Crippen LogP contribution in [0, 0.1) is 5.41 Å². The second-order valence-corrected chi connectivity index (χ2v) is 7.31. The van der Waals surface area contributed by atoms with E-state index < -0.39 is 18.3 Å². The molecule has 2 fully saturated rings. The van der Waals surface area contributed by atoms with Crippen molar-refractivity contribution in [2.24, 2.45) is 5.41 Å². The van der Waals surface area contributed by atoms with E-state index in [0.29, 0.717) is 12.5 Å². The predicted molar refractivity (Wildman–Crippen MR) is 84.5 cm³/mol. The van der Waals surface area contributed by atoms with Crippen molar-refractivity contribution in [3.63, 3.8) is 0 Å². The van der Waals surface area contributed by atoms with Crippen LogP contribution >= 0.6 is 0 Å². The Balaban J connectivity index is 1.64. The van der Waals surface area contributed by atoms with Gasteiger partial charge in [-0.3, -0.25) is 4.98 Å². The Morgan fingerprint density at radius 1 is 1.26 bits per heavy atom. The number of aromatic nitrogens is 2. The summed E-state index contributed by atoms with van der Waals surface area (Å²) in [7, 11) is -0.950. The lowest BCUT2D eigenvalue weighted by Crippen LogP contribution is -2.41. The van der Waals surface area contributed by atoms with Crippen molar-refractivity contribution in [1.29, 1.82) is 0 Å². The molecule has 0 bridgehead atoms. The van der Waals surface area contributed by atoms with Gasteiger partial charge in [0.2, 0.25) is 5.88 Å². The molecule has 1 aromatic rings. The molecule has 1 aliphatic heterocycles. The summed E-state index contributed by atoms with van der Waals surface area (Å²) in [6.07, 6.45) is 8.03. The zero-order chi connectivity index (χ0) is 16.7. The predicted octanol–water partition coefficient (Wildman–Crippen LogP) is 3.12. The molecule has 1 saturated heterocycles. The number of hydrogen-bond acceptors (Lipinski definition) is 5. The highest BCUT2D eigenvalue weighted by molar-refractivity contribution is 6.53. The molecule has 0 amide bonds. The standard InChI is InChI=1S/C16H22BFN2O3/c1-14(2)15(3,4)23-17(22-14)12(18)9-16(5-6-16)11-21-13-10-19-7-8-20-13/h7-10H,5-6,11H2,1-4H3. The van der Waals surface area contributed by atoms with Gasteiger partial charge in [0.25, 0.3) is 0 Å². The van der Waals surface area contributed by atoms with E-state index in [-0.39, 0.29) is 11.1 Å². The summed E-state index contributed by atoms with van der Waals surface area (Å²) in [4.78, 5) is 8.00. The summed E-state index contributed by atoms with van der Waals surface area (Å²) in [5.74, 6) is 0.447. The average Bonchev–Trinajstić information content (AvgIpc) is 3.20. The van der Waals surface area contributed by atoms with E-state index in [9.17, 15) is 4.39 Å². The third kappa shape index (κ3) is 3.40. The Hall–Kier alpha value is -1.47. The van der Waals surface area contributed by atoms with Gasteiger partial charge in [-0.05, 0) is 46.6 Å². The van der Waals surface area contributed by atoms with E-state index in [1.54, 1.807) is 24.7 Å². The number of hydrogen-bond donors (Lipinski definition) is 0. The van der Waals surface area contributed by atoms with Crippen LogP contribution in [0.1, 0.15) is 40.5 Å². The summed E-state index contributed by atoms with van der Waals surface area (Å²) in [6, 6.07) is 0. The summed E-state index contributed by atoms with van der Waals surface area (Å²) < 4.78 is 31.7. The van der Waals surface area contributed by atoms with Gasteiger partial charge >= 0.3 is 7.12 Å². The topological polar surface area (TPSA) is 53.5 Å². The van der Waals surface area contributed by atoms with Gasteiger partial charge < -0.3 is 14.0 Å². The first-order valence-electron chi connectivity index (χ1n) is 7.86. The number of ether oxygens (including phenoxy) is 1. The van der Waals surface area contributed by atoms with Gasteiger partial charge in [-0.15, -0.1) is 0 Å². The molecule has 0 radical (unpaired) electrons. The fraction of sp³-hybridized carbons (Fsp3) is 0.625. The minimum atomic E-state index is -0.950. The first-order chi connectivity index (χ1) is 10.7. The van der Waals surface area contributed by atoms with Gasteiger partial charge in [-0.1, -0.05) is 0 Å². The van der Waals surface area contributed by atoms with Crippen LogP contribution in [0.5, 0.6) is 5.88 Å². The van der Waals surface area contributed by atoms with Crippen LogP contribution < -0.4 is 4.74 Å². The van der Waals surface area contributed by atoms with Crippen molar-refractivity contribution >= 4 is 7.12 Å². The molecule has 3 rings (SSSR count). The van der Waals surface area contributed by atoms with Crippen LogP contribution in [0.3, 0.4) is 0 Å². The molecule has 0 spiro atoms. The van der Waals surface area contributed by atoms with Gasteiger partial charge in [0.15, 0.2) is 0 Å². The normalized spacial score (nSPS) is 24.6. The van der Waals surface area contributed by atoms with Crippen molar-refractivity contribution in [3.8, 4) is 5.88 Å². The summed E-state index contributed by atoms with van der Waals surface area (Å²) in [6.45, 7) is 8.00. The van der Waals surface area contributed by atoms with E-state index >= 15 is 0 Å². The molecule has 2 heterocycles. The Bertz CT molecular complexity index is 587. The molecule has 23 heavy (non-hydrogen) atoms. The van der Waals surface area contributed by atoms with Crippen molar-refractivity contribution < 1.29 is 18.4 Å². The maximum Gasteiger partial charge on any atom is 0.524 e. The molecule has 7 heteroatoms. The van der Waals surface area contributed by atoms with E-state index in [1.807, 2.05) is 27.7 Å². The molecule has 2 aliphatic rings. The summed E-state index contributed by atoms with van der Waals surface area (Å²) >= 11 is 0. The molecule has 0 aromatic carbocycles. The Labute approximate surface area is 136 Å². The lowest BCUT2D eigenvalue weighted by molar-refractivity contribution is 0.00578. The highest BCUT2D eigenvalue weighted by Crippen LogP contribution is 2.49. The van der Waals surface area contributed by atoms with Crippen LogP contribution in [0.25, 0.3) is 0 Å². The maximum absolute atomic E-state index is 14.6. The fourth-order valence-electron chi connectivity index (χ4n) is 2.38. The van der Waals surface area contributed by atoms with Crippen molar-refractivity contribution in [2.75, 3.05) is 6.61 Å². The SMILES string of the molecule is CC1(C)OB(C(F)=CC2(COc3cnccn3)CC2)OC1(C)C. The molecular formula is C16H22BFN2O3. The van der Waals surface area contributed by atoms with Gasteiger partial charge in [0.1, 0.15) is 5.73 Å². The van der Waals surface area contributed by atoms with E-state index in [2.05, 4.69) is 9.97 Å². The zero-order valence-corrected chi connectivity index (χ0v) is 14.0. The lowest BCUT2D eigenvalue weighted by atomic mass is 9.85. The van der Waals surface area contributed by atoms with Crippen molar-refractivity contribution in [1.82, 2.24) is 9.97 Å². The quantitative estimate of drug-likeness (QED) is 0.780. The highest BCUT2D eigenvalue weighted by Gasteiger charge is 2.54. The molecule has 1 aromatic heterocycles. The number of halogens is 1. The van der Waals surface area contributed by atoms with Crippen LogP contribution in [-0.4, -0.2) is 34.9 Å². The molecule has 0 unspecified atom stereocenters. The number of nitrogens with zero attached hydrogens (tertiary/aromatic N) is 2. The van der Waals surface area contributed by atoms with Gasteiger partial charge in [0, 0.05) is 17.8 Å². The minimum absolute atomic E-state index is 0.300. The Morgan fingerprint density at radius 2 is 1.91 bits per heavy atom. The van der Waals surface area contributed by atoms with Crippen molar-refractivity contribution in [3.05, 3.63) is 30.4 Å². The van der Waals surface area contributed by atoms with Crippen LogP contribution in [0.2, 0.25) is 0 Å². The molecule has 0 N–H and O–H groups in total. The molecule has 1 aliphatic carbocycles. The smallest absolute Gasteiger partial charge is 0.476 e. The molecule has 1 saturated carbocycles. The van der Waals surface area contributed by atoms with Gasteiger partial charge in [0.05, 0.1) is 24.0 Å². The van der Waals surface area contributed by atoms with Gasteiger partial charge in [-0.2, -0.15) is 0 Å². The van der Waals surface area contributed by atoms with Crippen LogP contribution in [-0.2, 0) is 9.31 Å². The van der Waals surface area contributed by atoms with E-state index in [1.165, 1.54) is 0 Å². The minimum Gasteiger partial charge on any atom is -0.476 e. The zero-order valence-electron chi connectivity index (χ0n) is 14.0. The molecule has 124 valence electrons. The van der Waals surface area contributed by atoms with Crippen LogP contribution in [0.4, 0.5) is 4.39 Å². The summed E-state index contributed by atoms with van der Waals surface area (Å²) in [5, 5.41) is 0. The Morgan fingerprint density at radius 3 is 2.43 bits per heavy atom.